The highest BCUT2D eigenvalue weighted by molar-refractivity contribution is 7.90. The van der Waals surface area contributed by atoms with Gasteiger partial charge in [-0.3, -0.25) is 5.10 Å². The molecule has 0 radical (unpaired) electrons. The molecule has 0 bridgehead atoms. The van der Waals surface area contributed by atoms with Crippen molar-refractivity contribution in [2.24, 2.45) is 0 Å². The molecule has 2 heterocycles. The van der Waals surface area contributed by atoms with Gasteiger partial charge in [-0.15, -0.1) is 0 Å². The van der Waals surface area contributed by atoms with Crippen molar-refractivity contribution in [1.29, 1.82) is 5.26 Å². The van der Waals surface area contributed by atoms with Gasteiger partial charge in [-0.1, -0.05) is 0 Å². The van der Waals surface area contributed by atoms with Gasteiger partial charge in [0.1, 0.15) is 6.07 Å². The van der Waals surface area contributed by atoms with E-state index in [4.69, 9.17) is 5.26 Å². The number of rotatable bonds is 0. The Labute approximate surface area is 75.3 Å². The molecule has 1 N–H and O–H groups in total. The lowest BCUT2D eigenvalue weighted by molar-refractivity contribution is 0.591. The van der Waals surface area contributed by atoms with E-state index < -0.39 is 9.84 Å². The van der Waals surface area contributed by atoms with Gasteiger partial charge in [-0.2, -0.15) is 10.4 Å². The van der Waals surface area contributed by atoms with Crippen LogP contribution in [0.5, 0.6) is 0 Å². The maximum absolute atomic E-state index is 11.2. The van der Waals surface area contributed by atoms with Crippen LogP contribution >= 0.6 is 0 Å². The topological polar surface area (TPSA) is 86.6 Å². The summed E-state index contributed by atoms with van der Waals surface area (Å²) in [6, 6.07) is 1.87. The summed E-state index contributed by atoms with van der Waals surface area (Å²) in [7, 11) is -3.01. The van der Waals surface area contributed by atoms with Crippen molar-refractivity contribution >= 4 is 9.84 Å². The number of hydrogen-bond donors (Lipinski definition) is 1. The largest absolute Gasteiger partial charge is 0.281 e. The molecule has 0 unspecified atom stereocenters. The van der Waals surface area contributed by atoms with Gasteiger partial charge < -0.3 is 0 Å². The molecule has 0 atom stereocenters. The van der Waals surface area contributed by atoms with Crippen LogP contribution in [0.4, 0.5) is 0 Å². The zero-order valence-electron chi connectivity index (χ0n) is 6.74. The molecule has 0 saturated heterocycles. The lowest BCUT2D eigenvalue weighted by Gasteiger charge is -2.10. The van der Waals surface area contributed by atoms with Crippen molar-refractivity contribution in [3.05, 3.63) is 17.0 Å². The minimum Gasteiger partial charge on any atom is -0.281 e. The van der Waals surface area contributed by atoms with Crippen LogP contribution in [0.15, 0.2) is 0 Å². The van der Waals surface area contributed by atoms with Crippen LogP contribution in [0.1, 0.15) is 17.0 Å². The molecule has 0 aromatic carbocycles. The number of nitrogens with one attached hydrogen (secondary N) is 1. The summed E-state index contributed by atoms with van der Waals surface area (Å²) in [5, 5.41) is 15.0. The first-order valence-corrected chi connectivity index (χ1v) is 5.61. The first-order chi connectivity index (χ1) is 6.12. The Bertz CT molecular complexity index is 480. The molecule has 1 aliphatic rings. The number of nitriles is 1. The van der Waals surface area contributed by atoms with Crippen molar-refractivity contribution in [2.45, 2.75) is 12.2 Å². The number of fused-ring (bicyclic) bond motifs is 1. The summed E-state index contributed by atoms with van der Waals surface area (Å²) in [4.78, 5) is 0. The van der Waals surface area contributed by atoms with Gasteiger partial charge in [-0.25, -0.2) is 8.42 Å². The van der Waals surface area contributed by atoms with Gasteiger partial charge in [0.15, 0.2) is 15.5 Å². The molecular formula is C7H7N3O2S. The molecule has 13 heavy (non-hydrogen) atoms. The fraction of sp³-hybridized carbons (Fsp3) is 0.429. The second kappa shape index (κ2) is 2.57. The third-order valence-corrected chi connectivity index (χ3v) is 3.64. The van der Waals surface area contributed by atoms with Crippen molar-refractivity contribution in [1.82, 2.24) is 10.2 Å². The van der Waals surface area contributed by atoms with Gasteiger partial charge in [0.05, 0.1) is 11.5 Å². The van der Waals surface area contributed by atoms with E-state index in [1.807, 2.05) is 6.07 Å². The summed E-state index contributed by atoms with van der Waals surface area (Å²) in [5.41, 5.74) is 1.54. The molecule has 5 nitrogen and oxygen atoms in total. The molecule has 0 saturated carbocycles. The Morgan fingerprint density at radius 3 is 3.00 bits per heavy atom. The molecule has 0 amide bonds. The maximum atomic E-state index is 11.2. The van der Waals surface area contributed by atoms with E-state index in [0.29, 0.717) is 12.0 Å². The summed E-state index contributed by atoms with van der Waals surface area (Å²) >= 11 is 0. The van der Waals surface area contributed by atoms with Gasteiger partial charge >= 0.3 is 0 Å². The highest BCUT2D eigenvalue weighted by atomic mass is 32.2. The van der Waals surface area contributed by atoms with Crippen molar-refractivity contribution in [2.75, 3.05) is 5.75 Å². The summed E-state index contributed by atoms with van der Waals surface area (Å²) in [5.74, 6) is 0.0921. The van der Waals surface area contributed by atoms with Crippen LogP contribution in [-0.2, 0) is 22.0 Å². The minimum atomic E-state index is -3.01. The number of H-pyrrole nitrogens is 1. The second-order valence-electron chi connectivity index (χ2n) is 2.98. The smallest absolute Gasteiger partial charge is 0.166 e. The van der Waals surface area contributed by atoms with Crippen LogP contribution in [0.25, 0.3) is 0 Å². The predicted molar refractivity (Wildman–Crippen MR) is 44.5 cm³/mol. The number of aromatic nitrogens is 2. The first kappa shape index (κ1) is 8.26. The lowest BCUT2D eigenvalue weighted by atomic mass is 10.2. The lowest BCUT2D eigenvalue weighted by Crippen LogP contribution is -2.18. The summed E-state index contributed by atoms with van der Waals surface area (Å²) < 4.78 is 22.5. The molecule has 1 aromatic rings. The Kier molecular flexibility index (Phi) is 1.63. The van der Waals surface area contributed by atoms with Crippen molar-refractivity contribution in [3.8, 4) is 6.07 Å². The van der Waals surface area contributed by atoms with Gasteiger partial charge in [0.25, 0.3) is 0 Å². The highest BCUT2D eigenvalue weighted by Gasteiger charge is 2.25. The number of aryl methyl sites for hydroxylation is 1. The molecule has 0 fully saturated rings. The molecule has 6 heteroatoms. The van der Waals surface area contributed by atoms with Crippen LogP contribution < -0.4 is 0 Å². The van der Waals surface area contributed by atoms with Crippen LogP contribution in [0, 0.1) is 11.3 Å². The molecule has 0 spiro atoms. The summed E-state index contributed by atoms with van der Waals surface area (Å²) in [6.45, 7) is 0. The zero-order valence-corrected chi connectivity index (χ0v) is 7.56. The van der Waals surface area contributed by atoms with Crippen LogP contribution in [0.2, 0.25) is 0 Å². The van der Waals surface area contributed by atoms with Crippen LogP contribution in [-0.4, -0.2) is 24.4 Å². The highest BCUT2D eigenvalue weighted by Crippen LogP contribution is 2.20. The Morgan fingerprint density at radius 2 is 2.31 bits per heavy atom. The number of hydrogen-bond acceptors (Lipinski definition) is 4. The monoisotopic (exact) mass is 197 g/mol. The van der Waals surface area contributed by atoms with Crippen molar-refractivity contribution < 1.29 is 8.42 Å². The number of aromatic amines is 1. The van der Waals surface area contributed by atoms with E-state index in [2.05, 4.69) is 10.2 Å². The fourth-order valence-corrected chi connectivity index (χ4v) is 2.82. The van der Waals surface area contributed by atoms with E-state index in [0.717, 1.165) is 5.69 Å². The third-order valence-electron chi connectivity index (χ3n) is 2.09. The van der Waals surface area contributed by atoms with E-state index >= 15 is 0 Å². The standard InChI is InChI=1S/C7H7N3O2S/c8-3-7-5-4-13(11,12)2-1-6(5)9-10-7/h1-2,4H2,(H,9,10). The van der Waals surface area contributed by atoms with E-state index in [-0.39, 0.29) is 17.2 Å². The third kappa shape index (κ3) is 1.31. The second-order valence-corrected chi connectivity index (χ2v) is 5.17. The van der Waals surface area contributed by atoms with Crippen LogP contribution in [0.3, 0.4) is 0 Å². The van der Waals surface area contributed by atoms with E-state index in [1.54, 1.807) is 0 Å². The maximum Gasteiger partial charge on any atom is 0.166 e. The van der Waals surface area contributed by atoms with Gasteiger partial charge in [0.2, 0.25) is 0 Å². The molecular weight excluding hydrogens is 190 g/mol. The molecule has 1 aromatic heterocycles. The summed E-state index contributed by atoms with van der Waals surface area (Å²) in [6.07, 6.45) is 0.437. The average Bonchev–Trinajstić information content (AvgIpc) is 2.44. The first-order valence-electron chi connectivity index (χ1n) is 3.79. The predicted octanol–water partition coefficient (Wildman–Crippen LogP) is -0.248. The average molecular weight is 197 g/mol. The fourth-order valence-electron chi connectivity index (χ4n) is 1.41. The molecule has 1 aliphatic heterocycles. The Balaban J connectivity index is 2.55. The quantitative estimate of drug-likeness (QED) is 0.621. The normalized spacial score (nSPS) is 19.0. The Morgan fingerprint density at radius 1 is 1.54 bits per heavy atom. The SMILES string of the molecule is N#Cc1n[nH]c2c1CS(=O)(=O)CC2. The molecule has 68 valence electrons. The molecule has 2 rings (SSSR count). The van der Waals surface area contributed by atoms with Gasteiger partial charge in [0, 0.05) is 17.7 Å². The van der Waals surface area contributed by atoms with E-state index in [9.17, 15) is 8.42 Å². The number of sulfone groups is 1. The Hall–Kier alpha value is -1.35. The van der Waals surface area contributed by atoms with E-state index in [1.165, 1.54) is 0 Å². The number of nitrogens with zero attached hydrogens (tertiary/aromatic N) is 2. The van der Waals surface area contributed by atoms with Gasteiger partial charge in [-0.05, 0) is 0 Å². The minimum absolute atomic E-state index is 0.0538. The molecule has 0 aliphatic carbocycles. The zero-order chi connectivity index (χ0) is 9.47. The van der Waals surface area contributed by atoms with Crippen molar-refractivity contribution in [3.63, 3.8) is 0 Å².